The molecule has 0 aromatic carbocycles. The predicted octanol–water partition coefficient (Wildman–Crippen LogP) is 2.37. The number of pyridine rings is 1. The van der Waals surface area contributed by atoms with Gasteiger partial charge in [0.1, 0.15) is 4.60 Å². The van der Waals surface area contributed by atoms with E-state index < -0.39 is 0 Å². The number of anilines is 1. The van der Waals surface area contributed by atoms with Crippen LogP contribution in [0, 0.1) is 0 Å². The maximum absolute atomic E-state index is 4.16. The van der Waals surface area contributed by atoms with Crippen LogP contribution in [0.4, 0.5) is 5.69 Å². The van der Waals surface area contributed by atoms with E-state index in [-0.39, 0.29) is 0 Å². The van der Waals surface area contributed by atoms with Crippen molar-refractivity contribution < 1.29 is 0 Å². The Morgan fingerprint density at radius 2 is 2.06 bits per heavy atom. The van der Waals surface area contributed by atoms with Crippen molar-refractivity contribution in [1.82, 2.24) is 9.88 Å². The van der Waals surface area contributed by atoms with Crippen LogP contribution in [0.15, 0.2) is 22.9 Å². The maximum Gasteiger partial charge on any atom is 0.108 e. The number of nitrogens with zero attached hydrogens (tertiary/aromatic N) is 3. The third-order valence-electron chi connectivity index (χ3n) is 3.27. The third kappa shape index (κ3) is 2.74. The molecule has 0 unspecified atom stereocenters. The molecule has 88 valence electrons. The molecule has 1 aliphatic rings. The highest BCUT2D eigenvalue weighted by Crippen LogP contribution is 2.23. The number of piperidine rings is 1. The van der Waals surface area contributed by atoms with Crippen molar-refractivity contribution in [2.45, 2.75) is 18.9 Å². The monoisotopic (exact) mass is 283 g/mol. The minimum absolute atomic E-state index is 0.738. The second-order valence-electron chi connectivity index (χ2n) is 4.52. The van der Waals surface area contributed by atoms with E-state index in [1.54, 1.807) is 0 Å². The highest BCUT2D eigenvalue weighted by molar-refractivity contribution is 9.10. The standard InChI is InChI=1S/C12H18BrN3/c1-15(2)10-4-7-16(8-5-10)11-3-6-14-12(13)9-11/h3,6,9-10H,4-5,7-8H2,1-2H3. The molecule has 2 rings (SSSR count). The van der Waals surface area contributed by atoms with E-state index in [1.807, 2.05) is 6.20 Å². The van der Waals surface area contributed by atoms with Crippen LogP contribution in [-0.4, -0.2) is 43.1 Å². The quantitative estimate of drug-likeness (QED) is 0.777. The summed E-state index contributed by atoms with van der Waals surface area (Å²) < 4.78 is 0.916. The summed E-state index contributed by atoms with van der Waals surface area (Å²) in [5.74, 6) is 0. The Hall–Kier alpha value is -0.610. The largest absolute Gasteiger partial charge is 0.371 e. The summed E-state index contributed by atoms with van der Waals surface area (Å²) in [4.78, 5) is 8.93. The molecular formula is C12H18BrN3. The van der Waals surface area contributed by atoms with Crippen LogP contribution < -0.4 is 4.90 Å². The average Bonchev–Trinajstić information content (AvgIpc) is 2.29. The molecule has 0 spiro atoms. The third-order valence-corrected chi connectivity index (χ3v) is 3.70. The van der Waals surface area contributed by atoms with Gasteiger partial charge in [0.05, 0.1) is 0 Å². The van der Waals surface area contributed by atoms with Gasteiger partial charge in [-0.05, 0) is 55.0 Å². The van der Waals surface area contributed by atoms with Crippen molar-refractivity contribution >= 4 is 21.6 Å². The van der Waals surface area contributed by atoms with E-state index in [0.29, 0.717) is 0 Å². The molecule has 1 fully saturated rings. The van der Waals surface area contributed by atoms with Crippen molar-refractivity contribution in [1.29, 1.82) is 0 Å². The highest BCUT2D eigenvalue weighted by atomic mass is 79.9. The lowest BCUT2D eigenvalue weighted by Gasteiger charge is -2.36. The Balaban J connectivity index is 1.99. The van der Waals surface area contributed by atoms with E-state index in [2.05, 4.69) is 56.9 Å². The molecule has 0 aliphatic carbocycles. The van der Waals surface area contributed by atoms with Crippen LogP contribution in [-0.2, 0) is 0 Å². The Labute approximate surface area is 106 Å². The van der Waals surface area contributed by atoms with Crippen LogP contribution in [0.5, 0.6) is 0 Å². The molecule has 1 aromatic heterocycles. The first kappa shape index (κ1) is 11.9. The minimum Gasteiger partial charge on any atom is -0.371 e. The first-order valence-corrected chi connectivity index (χ1v) is 6.49. The summed E-state index contributed by atoms with van der Waals surface area (Å²) in [6.45, 7) is 2.28. The van der Waals surface area contributed by atoms with Crippen LogP contribution in [0.2, 0.25) is 0 Å². The molecule has 4 heteroatoms. The summed E-state index contributed by atoms with van der Waals surface area (Å²) in [6, 6.07) is 4.91. The Kier molecular flexibility index (Phi) is 3.82. The smallest absolute Gasteiger partial charge is 0.108 e. The van der Waals surface area contributed by atoms with Crippen molar-refractivity contribution in [2.75, 3.05) is 32.1 Å². The minimum atomic E-state index is 0.738. The molecule has 3 nitrogen and oxygen atoms in total. The zero-order valence-corrected chi connectivity index (χ0v) is 11.4. The molecule has 2 heterocycles. The second kappa shape index (κ2) is 5.15. The average molecular weight is 284 g/mol. The molecule has 0 saturated carbocycles. The SMILES string of the molecule is CN(C)C1CCN(c2ccnc(Br)c2)CC1. The lowest BCUT2D eigenvalue weighted by molar-refractivity contribution is 0.249. The molecule has 0 amide bonds. The zero-order valence-electron chi connectivity index (χ0n) is 9.86. The topological polar surface area (TPSA) is 19.4 Å². The first-order chi connectivity index (χ1) is 7.66. The van der Waals surface area contributed by atoms with Gasteiger partial charge in [0.25, 0.3) is 0 Å². The molecular weight excluding hydrogens is 266 g/mol. The molecule has 0 N–H and O–H groups in total. The van der Waals surface area contributed by atoms with Gasteiger partial charge in [-0.2, -0.15) is 0 Å². The highest BCUT2D eigenvalue weighted by Gasteiger charge is 2.20. The van der Waals surface area contributed by atoms with Gasteiger partial charge in [-0.1, -0.05) is 0 Å². The predicted molar refractivity (Wildman–Crippen MR) is 70.9 cm³/mol. The van der Waals surface area contributed by atoms with Crippen molar-refractivity contribution in [3.63, 3.8) is 0 Å². The van der Waals surface area contributed by atoms with Gasteiger partial charge in [0.2, 0.25) is 0 Å². The Bertz CT molecular complexity index is 346. The number of hydrogen-bond donors (Lipinski definition) is 0. The summed E-state index contributed by atoms with van der Waals surface area (Å²) in [5.41, 5.74) is 1.28. The van der Waals surface area contributed by atoms with Crippen LogP contribution in [0.3, 0.4) is 0 Å². The van der Waals surface area contributed by atoms with Crippen LogP contribution in [0.25, 0.3) is 0 Å². The fourth-order valence-electron chi connectivity index (χ4n) is 2.23. The molecule has 16 heavy (non-hydrogen) atoms. The van der Waals surface area contributed by atoms with Gasteiger partial charge >= 0.3 is 0 Å². The van der Waals surface area contributed by atoms with Crippen LogP contribution in [0.1, 0.15) is 12.8 Å². The zero-order chi connectivity index (χ0) is 11.5. The second-order valence-corrected chi connectivity index (χ2v) is 5.33. The summed E-state index contributed by atoms with van der Waals surface area (Å²) >= 11 is 3.42. The van der Waals surface area contributed by atoms with Gasteiger partial charge in [-0.3, -0.25) is 0 Å². The van der Waals surface area contributed by atoms with Gasteiger partial charge in [0.15, 0.2) is 0 Å². The summed E-state index contributed by atoms with van der Waals surface area (Å²) in [5, 5.41) is 0. The number of rotatable bonds is 2. The fraction of sp³-hybridized carbons (Fsp3) is 0.583. The van der Waals surface area contributed by atoms with Crippen molar-refractivity contribution in [3.05, 3.63) is 22.9 Å². The lowest BCUT2D eigenvalue weighted by atomic mass is 10.0. The molecule has 0 atom stereocenters. The van der Waals surface area contributed by atoms with E-state index in [0.717, 1.165) is 23.7 Å². The van der Waals surface area contributed by atoms with Gasteiger partial charge < -0.3 is 9.80 Å². The normalized spacial score (nSPS) is 18.1. The maximum atomic E-state index is 4.16. The summed E-state index contributed by atoms with van der Waals surface area (Å²) in [7, 11) is 4.34. The van der Waals surface area contributed by atoms with E-state index in [1.165, 1.54) is 18.5 Å². The lowest BCUT2D eigenvalue weighted by Crippen LogP contribution is -2.41. The number of aromatic nitrogens is 1. The molecule has 1 aromatic rings. The van der Waals surface area contributed by atoms with Gasteiger partial charge in [0, 0.05) is 31.0 Å². The van der Waals surface area contributed by atoms with Gasteiger partial charge in [-0.25, -0.2) is 4.98 Å². The van der Waals surface area contributed by atoms with Gasteiger partial charge in [-0.15, -0.1) is 0 Å². The number of hydrogen-bond acceptors (Lipinski definition) is 3. The van der Waals surface area contributed by atoms with Crippen molar-refractivity contribution in [3.8, 4) is 0 Å². The van der Waals surface area contributed by atoms with Crippen molar-refractivity contribution in [2.24, 2.45) is 0 Å². The Morgan fingerprint density at radius 1 is 1.38 bits per heavy atom. The fourth-order valence-corrected chi connectivity index (χ4v) is 2.58. The van der Waals surface area contributed by atoms with Crippen LogP contribution >= 0.6 is 15.9 Å². The summed E-state index contributed by atoms with van der Waals surface area (Å²) in [6.07, 6.45) is 4.34. The molecule has 1 saturated heterocycles. The molecule has 1 aliphatic heterocycles. The first-order valence-electron chi connectivity index (χ1n) is 5.70. The number of halogens is 1. The molecule has 0 bridgehead atoms. The van der Waals surface area contributed by atoms with E-state index >= 15 is 0 Å². The van der Waals surface area contributed by atoms with E-state index in [4.69, 9.17) is 0 Å². The molecule has 0 radical (unpaired) electrons. The Morgan fingerprint density at radius 3 is 2.62 bits per heavy atom. The van der Waals surface area contributed by atoms with E-state index in [9.17, 15) is 0 Å².